The highest BCUT2D eigenvalue weighted by atomic mass is 31.2. The lowest BCUT2D eigenvalue weighted by molar-refractivity contribution is -0.901. The van der Waals surface area contributed by atoms with Gasteiger partial charge in [-0.15, -0.1) is 0 Å². The molecular weight excluding hydrogens is 581 g/mol. The lowest BCUT2D eigenvalue weighted by atomic mass is 10.1. The largest absolute Gasteiger partial charge is 0.463 e. The molecule has 0 aromatic heterocycles. The first-order valence-corrected chi connectivity index (χ1v) is 18.9. The molecular formula is C34H67NO8P+. The molecule has 0 bridgehead atoms. The summed E-state index contributed by atoms with van der Waals surface area (Å²) in [7, 11) is -0.742. The van der Waals surface area contributed by atoms with Crippen LogP contribution in [0.5, 0.6) is 0 Å². The number of hydrogen-bond acceptors (Lipinski definition) is 7. The first kappa shape index (κ1) is 42.9. The van der Waals surface area contributed by atoms with Crippen molar-refractivity contribution in [1.82, 2.24) is 0 Å². The Morgan fingerprint density at radius 1 is 0.750 bits per heavy atom. The molecule has 3 atom stereocenters. The minimum absolute atomic E-state index is 0.0315. The van der Waals surface area contributed by atoms with E-state index in [4.69, 9.17) is 19.5 Å². The zero-order chi connectivity index (χ0) is 33.1. The molecule has 0 fully saturated rings. The maximum atomic E-state index is 12.6. The van der Waals surface area contributed by atoms with Crippen molar-refractivity contribution in [2.24, 2.45) is 0 Å². The summed E-state index contributed by atoms with van der Waals surface area (Å²) in [4.78, 5) is 22.3. The van der Waals surface area contributed by atoms with Gasteiger partial charge >= 0.3 is 13.6 Å². The van der Waals surface area contributed by atoms with Gasteiger partial charge in [-0.1, -0.05) is 82.6 Å². The van der Waals surface area contributed by atoms with E-state index < -0.39 is 38.3 Å². The molecule has 10 heteroatoms. The molecule has 0 saturated heterocycles. The second kappa shape index (κ2) is 27.1. The fourth-order valence-corrected chi connectivity index (χ4v) is 6.25. The third kappa shape index (κ3) is 25.2. The molecule has 260 valence electrons. The number of aliphatic hydroxyl groups excluding tert-OH is 2. The quantitative estimate of drug-likeness (QED) is 0.0158. The van der Waals surface area contributed by atoms with Gasteiger partial charge in [-0.2, -0.15) is 0 Å². The van der Waals surface area contributed by atoms with Crippen LogP contribution >= 0.6 is 7.60 Å². The van der Waals surface area contributed by atoms with Crippen molar-refractivity contribution in [3.05, 3.63) is 24.3 Å². The Kier molecular flexibility index (Phi) is 26.4. The van der Waals surface area contributed by atoms with Crippen LogP contribution in [0, 0.1) is 0 Å². The lowest BCUT2D eigenvalue weighted by Crippen LogP contribution is -2.48. The first-order chi connectivity index (χ1) is 20.9. The number of nitrogens with zero attached hydrogens (tertiary/aromatic N) is 1. The van der Waals surface area contributed by atoms with Crippen molar-refractivity contribution in [1.29, 1.82) is 0 Å². The zero-order valence-electron chi connectivity index (χ0n) is 28.4. The van der Waals surface area contributed by atoms with Gasteiger partial charge in [-0.25, -0.2) is 0 Å². The summed E-state index contributed by atoms with van der Waals surface area (Å²) in [5.41, 5.74) is 0. The molecule has 44 heavy (non-hydrogen) atoms. The number of hydrogen-bond donors (Lipinski definition) is 4. The van der Waals surface area contributed by atoms with Crippen molar-refractivity contribution in [3.63, 3.8) is 0 Å². The van der Waals surface area contributed by atoms with Crippen molar-refractivity contribution >= 4 is 13.6 Å². The molecule has 2 unspecified atom stereocenters. The maximum absolute atomic E-state index is 12.6. The van der Waals surface area contributed by atoms with E-state index in [1.807, 2.05) is 0 Å². The zero-order valence-corrected chi connectivity index (χ0v) is 29.3. The van der Waals surface area contributed by atoms with Gasteiger partial charge < -0.3 is 34.0 Å². The van der Waals surface area contributed by atoms with Crippen LogP contribution in [-0.4, -0.2) is 82.7 Å². The number of carbonyl (C=O) groups excluding carboxylic acids is 1. The summed E-state index contributed by atoms with van der Waals surface area (Å²) < 4.78 is 22.8. The molecule has 4 N–H and O–H groups in total. The number of quaternary nitrogens is 1. The van der Waals surface area contributed by atoms with E-state index >= 15 is 0 Å². The summed E-state index contributed by atoms with van der Waals surface area (Å²) in [6.07, 6.45) is 27.4. The van der Waals surface area contributed by atoms with Gasteiger partial charge in [0.2, 0.25) is 0 Å². The normalized spacial score (nSPS) is 15.3. The van der Waals surface area contributed by atoms with E-state index in [2.05, 4.69) is 31.2 Å². The molecule has 0 aromatic rings. The number of allylic oxidation sites excluding steroid dienone is 4. The van der Waals surface area contributed by atoms with E-state index in [1.165, 1.54) is 90.4 Å². The third-order valence-corrected chi connectivity index (χ3v) is 10.2. The van der Waals surface area contributed by atoms with Crippen LogP contribution in [0.25, 0.3) is 0 Å². The van der Waals surface area contributed by atoms with Crippen molar-refractivity contribution in [3.8, 4) is 0 Å². The highest BCUT2D eigenvalue weighted by Crippen LogP contribution is 2.50. The third-order valence-electron chi connectivity index (χ3n) is 8.14. The van der Waals surface area contributed by atoms with E-state index in [-0.39, 0.29) is 30.5 Å². The summed E-state index contributed by atoms with van der Waals surface area (Å²) in [5.74, 6) is -1.27. The minimum atomic E-state index is -4.12. The van der Waals surface area contributed by atoms with Gasteiger partial charge in [0, 0.05) is 12.8 Å². The van der Waals surface area contributed by atoms with Gasteiger partial charge in [0.15, 0.2) is 12.1 Å². The van der Waals surface area contributed by atoms with E-state index in [0.29, 0.717) is 6.42 Å². The summed E-state index contributed by atoms with van der Waals surface area (Å²) in [6, 6.07) is 0. The van der Waals surface area contributed by atoms with Gasteiger partial charge in [0.05, 0.1) is 27.2 Å². The van der Waals surface area contributed by atoms with Crippen LogP contribution in [-0.2, 0) is 18.6 Å². The van der Waals surface area contributed by atoms with Gasteiger partial charge in [0.25, 0.3) is 0 Å². The van der Waals surface area contributed by atoms with Crippen LogP contribution in [0.2, 0.25) is 0 Å². The van der Waals surface area contributed by atoms with Crippen LogP contribution < -0.4 is 0 Å². The average Bonchev–Trinajstić information content (AvgIpc) is 2.98. The molecule has 0 aliphatic heterocycles. The van der Waals surface area contributed by atoms with Gasteiger partial charge in [0.1, 0.15) is 12.7 Å². The SMILES string of the molecule is CCCCC/C=C\CCCCCCCCCC/C=C\CCCCC(=O)OC[C@@H](O)COP(=O)(O)C(C)[N+](C)(C)CCC(O)O. The van der Waals surface area contributed by atoms with Crippen molar-refractivity contribution in [2.45, 2.75) is 154 Å². The Hall–Kier alpha value is -1.06. The Labute approximate surface area is 268 Å². The topological polar surface area (TPSA) is 134 Å². The molecule has 0 rings (SSSR count). The number of ether oxygens (including phenoxy) is 1. The molecule has 0 amide bonds. The molecule has 0 aliphatic rings. The summed E-state index contributed by atoms with van der Waals surface area (Å²) in [5, 5.41) is 28.2. The van der Waals surface area contributed by atoms with Crippen LogP contribution in [0.15, 0.2) is 24.3 Å². The van der Waals surface area contributed by atoms with Crippen LogP contribution in [0.4, 0.5) is 0 Å². The number of esters is 1. The number of carbonyl (C=O) groups is 1. The van der Waals surface area contributed by atoms with E-state index in [0.717, 1.165) is 19.3 Å². The molecule has 9 nitrogen and oxygen atoms in total. The van der Waals surface area contributed by atoms with Crippen LogP contribution in [0.1, 0.15) is 136 Å². The lowest BCUT2D eigenvalue weighted by Gasteiger charge is -2.37. The van der Waals surface area contributed by atoms with E-state index in [1.54, 1.807) is 14.1 Å². The maximum Gasteiger partial charge on any atom is 0.384 e. The molecule has 0 aliphatic carbocycles. The average molecular weight is 649 g/mol. The predicted octanol–water partition coefficient (Wildman–Crippen LogP) is 7.37. The van der Waals surface area contributed by atoms with E-state index in [9.17, 15) is 19.4 Å². The Bertz CT molecular complexity index is 802. The highest BCUT2D eigenvalue weighted by Gasteiger charge is 2.41. The number of unbranched alkanes of at least 4 members (excludes halogenated alkanes) is 14. The van der Waals surface area contributed by atoms with Gasteiger partial charge in [-0.3, -0.25) is 9.36 Å². The highest BCUT2D eigenvalue weighted by molar-refractivity contribution is 7.53. The summed E-state index contributed by atoms with van der Waals surface area (Å²) >= 11 is 0. The van der Waals surface area contributed by atoms with Gasteiger partial charge in [-0.05, 0) is 64.7 Å². The monoisotopic (exact) mass is 648 g/mol. The van der Waals surface area contributed by atoms with Crippen LogP contribution in [0.3, 0.4) is 0 Å². The Morgan fingerprint density at radius 2 is 1.20 bits per heavy atom. The molecule has 0 aromatic carbocycles. The summed E-state index contributed by atoms with van der Waals surface area (Å²) in [6.45, 7) is 3.28. The van der Waals surface area contributed by atoms with Crippen molar-refractivity contribution < 1.29 is 43.3 Å². The Morgan fingerprint density at radius 3 is 1.68 bits per heavy atom. The molecule has 0 heterocycles. The standard InChI is InChI=1S/C34H66NO8P/c1-5-6-7-8-9-10-11-12-13-14-15-16-17-18-19-20-21-22-23-24-25-26-34(39)42-29-32(36)30-43-44(40,41)31(2)35(3,4)28-27-33(37)38/h9-10,21-22,31-33,36-38H,5-8,11-20,23-30H2,1-4H3/p+1/b10-9-,22-21-/t31?,32-/m1/s1. The smallest absolute Gasteiger partial charge is 0.384 e. The minimum Gasteiger partial charge on any atom is -0.463 e. The Balaban J connectivity index is 3.72. The molecule has 0 saturated carbocycles. The fraction of sp³-hybridized carbons (Fsp3) is 0.853. The van der Waals surface area contributed by atoms with Crippen molar-refractivity contribution in [2.75, 3.05) is 33.9 Å². The predicted molar refractivity (Wildman–Crippen MR) is 179 cm³/mol. The second-order valence-corrected chi connectivity index (χ2v) is 14.8. The number of aliphatic hydroxyl groups is 3. The molecule has 0 spiro atoms. The second-order valence-electron chi connectivity index (χ2n) is 12.7. The molecule has 0 radical (unpaired) electrons. The first-order valence-electron chi connectivity index (χ1n) is 17.2. The fourth-order valence-electron chi connectivity index (χ4n) is 4.74. The number of rotatable bonds is 30.